The zero-order valence-electron chi connectivity index (χ0n) is 12.3. The van der Waals surface area contributed by atoms with Crippen LogP contribution in [0.2, 0.25) is 10.0 Å². The minimum Gasteiger partial charge on any atom is -0.305 e. The number of thiophene rings is 1. The van der Waals surface area contributed by atoms with Crippen LogP contribution in [0.15, 0.2) is 23.0 Å². The number of hydrogen-bond acceptors (Lipinski definition) is 3. The molecule has 0 aliphatic heterocycles. The fourth-order valence-corrected chi connectivity index (χ4v) is 4.78. The minimum atomic E-state index is -0.141. The lowest BCUT2D eigenvalue weighted by Crippen LogP contribution is -2.10. The molecule has 7 heteroatoms. The minimum absolute atomic E-state index is 0.141. The number of benzene rings is 1. The van der Waals surface area contributed by atoms with Gasteiger partial charge < -0.3 is 4.98 Å². The van der Waals surface area contributed by atoms with E-state index in [4.69, 9.17) is 34.8 Å². The third-order valence-electron chi connectivity index (χ3n) is 4.06. The monoisotopic (exact) mass is 396 g/mol. The number of hydrogen-bond donors (Lipinski definition) is 1. The molecule has 24 heavy (non-hydrogen) atoms. The Morgan fingerprint density at radius 2 is 2.12 bits per heavy atom. The van der Waals surface area contributed by atoms with Crippen molar-refractivity contribution in [3.05, 3.63) is 60.4 Å². The molecule has 1 aliphatic rings. The highest BCUT2D eigenvalue weighted by molar-refractivity contribution is 7.18. The fraction of sp³-hybridized carbons (Fsp3) is 0.176. The van der Waals surface area contributed by atoms with Gasteiger partial charge in [0.2, 0.25) is 0 Å². The van der Waals surface area contributed by atoms with Gasteiger partial charge in [0.15, 0.2) is 5.82 Å². The lowest BCUT2D eigenvalue weighted by atomic mass is 10.2. The molecule has 0 unspecified atom stereocenters. The van der Waals surface area contributed by atoms with E-state index in [0.717, 1.165) is 29.7 Å². The summed E-state index contributed by atoms with van der Waals surface area (Å²) in [7, 11) is 0. The van der Waals surface area contributed by atoms with E-state index in [1.54, 1.807) is 35.6 Å². The fourth-order valence-electron chi connectivity index (χ4n) is 2.95. The van der Waals surface area contributed by atoms with Gasteiger partial charge in [-0.3, -0.25) is 4.79 Å². The quantitative estimate of drug-likeness (QED) is 0.619. The van der Waals surface area contributed by atoms with Gasteiger partial charge in [-0.1, -0.05) is 46.9 Å². The van der Waals surface area contributed by atoms with Crippen LogP contribution in [0.4, 0.5) is 0 Å². The van der Waals surface area contributed by atoms with E-state index >= 15 is 0 Å². The standard InChI is InChI=1S/C17H11Cl3N2OS/c18-10-5-1-3-8(14(10)20)7-11(19)15-21-16(23)13-9-4-2-6-12(9)24-17(13)22-15/h1,3,5,7H,2,4,6H2,(H,21,22,23)/b11-7-. The van der Waals surface area contributed by atoms with E-state index < -0.39 is 0 Å². The summed E-state index contributed by atoms with van der Waals surface area (Å²) in [5, 5.41) is 1.88. The van der Waals surface area contributed by atoms with E-state index in [9.17, 15) is 4.79 Å². The van der Waals surface area contributed by atoms with Gasteiger partial charge in [0.1, 0.15) is 4.83 Å². The SMILES string of the molecule is O=c1[nH]c(/C(Cl)=C/c2cccc(Cl)c2Cl)nc2sc3c(c12)CCC3. The molecule has 2 aromatic heterocycles. The van der Waals surface area contributed by atoms with Crippen molar-refractivity contribution in [3.8, 4) is 0 Å². The van der Waals surface area contributed by atoms with Crippen molar-refractivity contribution >= 4 is 67.5 Å². The molecular formula is C17H11Cl3N2OS. The number of H-pyrrole nitrogens is 1. The van der Waals surface area contributed by atoms with Crippen molar-refractivity contribution in [2.45, 2.75) is 19.3 Å². The predicted octanol–water partition coefficient (Wildman–Crippen LogP) is 5.52. The van der Waals surface area contributed by atoms with Crippen LogP contribution in [0.25, 0.3) is 21.3 Å². The van der Waals surface area contributed by atoms with Crippen LogP contribution in [-0.4, -0.2) is 9.97 Å². The van der Waals surface area contributed by atoms with Crippen LogP contribution >= 0.6 is 46.1 Å². The Labute approximate surface area is 156 Å². The molecule has 0 amide bonds. The first-order valence-electron chi connectivity index (χ1n) is 7.41. The average Bonchev–Trinajstić information content (AvgIpc) is 3.12. The van der Waals surface area contributed by atoms with Crippen LogP contribution in [0.5, 0.6) is 0 Å². The Bertz CT molecular complexity index is 1050. The van der Waals surface area contributed by atoms with Gasteiger partial charge in [0.05, 0.1) is 20.5 Å². The van der Waals surface area contributed by atoms with E-state index in [0.29, 0.717) is 31.9 Å². The number of fused-ring (bicyclic) bond motifs is 3. The molecule has 2 heterocycles. The Balaban J connectivity index is 1.83. The molecule has 0 radical (unpaired) electrons. The number of nitrogens with zero attached hydrogens (tertiary/aromatic N) is 1. The first-order chi connectivity index (χ1) is 11.5. The second-order valence-corrected chi connectivity index (χ2v) is 7.86. The van der Waals surface area contributed by atoms with Crippen LogP contribution in [0.1, 0.15) is 28.2 Å². The molecule has 4 rings (SSSR count). The van der Waals surface area contributed by atoms with E-state index in [-0.39, 0.29) is 5.56 Å². The van der Waals surface area contributed by atoms with Gasteiger partial charge in [0, 0.05) is 4.88 Å². The first-order valence-corrected chi connectivity index (χ1v) is 9.36. The maximum absolute atomic E-state index is 12.5. The largest absolute Gasteiger partial charge is 0.305 e. The van der Waals surface area contributed by atoms with E-state index in [1.807, 2.05) is 0 Å². The highest BCUT2D eigenvalue weighted by atomic mass is 35.5. The summed E-state index contributed by atoms with van der Waals surface area (Å²) in [5.41, 5.74) is 1.68. The van der Waals surface area contributed by atoms with Crippen LogP contribution in [0.3, 0.4) is 0 Å². The number of nitrogens with one attached hydrogen (secondary N) is 1. The first kappa shape index (κ1) is 16.2. The average molecular weight is 398 g/mol. The third kappa shape index (κ3) is 2.68. The number of aromatic amines is 1. The lowest BCUT2D eigenvalue weighted by molar-refractivity contribution is 0.916. The zero-order chi connectivity index (χ0) is 16.8. The topological polar surface area (TPSA) is 45.8 Å². The van der Waals surface area contributed by atoms with Crippen molar-refractivity contribution in [2.75, 3.05) is 0 Å². The maximum Gasteiger partial charge on any atom is 0.260 e. The van der Waals surface area contributed by atoms with Gasteiger partial charge in [-0.05, 0) is 42.5 Å². The number of aromatic nitrogens is 2. The van der Waals surface area contributed by atoms with Gasteiger partial charge in [0.25, 0.3) is 5.56 Å². The van der Waals surface area contributed by atoms with Crippen LogP contribution < -0.4 is 5.56 Å². The second-order valence-electron chi connectivity index (χ2n) is 5.59. The zero-order valence-corrected chi connectivity index (χ0v) is 15.4. The van der Waals surface area contributed by atoms with Crippen molar-refractivity contribution in [3.63, 3.8) is 0 Å². The molecule has 0 spiro atoms. The van der Waals surface area contributed by atoms with Crippen LogP contribution in [0, 0.1) is 0 Å². The smallest absolute Gasteiger partial charge is 0.260 e. The predicted molar refractivity (Wildman–Crippen MR) is 102 cm³/mol. The Kier molecular flexibility index (Phi) is 4.17. The molecule has 3 aromatic rings. The molecule has 1 aromatic carbocycles. The highest BCUT2D eigenvalue weighted by Crippen LogP contribution is 2.35. The highest BCUT2D eigenvalue weighted by Gasteiger charge is 2.21. The van der Waals surface area contributed by atoms with Gasteiger partial charge in [-0.2, -0.15) is 0 Å². The van der Waals surface area contributed by atoms with Crippen molar-refractivity contribution in [1.29, 1.82) is 0 Å². The maximum atomic E-state index is 12.5. The number of rotatable bonds is 2. The summed E-state index contributed by atoms with van der Waals surface area (Å²) in [6.07, 6.45) is 4.72. The molecule has 0 saturated carbocycles. The molecular weight excluding hydrogens is 387 g/mol. The molecule has 0 saturated heterocycles. The normalized spacial score (nSPS) is 14.4. The van der Waals surface area contributed by atoms with E-state index in [1.165, 1.54) is 4.88 Å². The Morgan fingerprint density at radius 3 is 2.96 bits per heavy atom. The molecule has 0 fully saturated rings. The molecule has 1 aliphatic carbocycles. The molecule has 3 nitrogen and oxygen atoms in total. The molecule has 122 valence electrons. The third-order valence-corrected chi connectivity index (χ3v) is 6.37. The summed E-state index contributed by atoms with van der Waals surface area (Å²) >= 11 is 20.1. The van der Waals surface area contributed by atoms with Crippen molar-refractivity contribution < 1.29 is 0 Å². The molecule has 1 N–H and O–H groups in total. The summed E-state index contributed by atoms with van der Waals surface area (Å²) in [5.74, 6) is 0.338. The molecule has 0 atom stereocenters. The van der Waals surface area contributed by atoms with Gasteiger partial charge >= 0.3 is 0 Å². The molecule has 0 bridgehead atoms. The van der Waals surface area contributed by atoms with Crippen molar-refractivity contribution in [2.24, 2.45) is 0 Å². The lowest BCUT2D eigenvalue weighted by Gasteiger charge is -2.03. The summed E-state index contributed by atoms with van der Waals surface area (Å²) < 4.78 is 0. The van der Waals surface area contributed by atoms with Crippen molar-refractivity contribution in [1.82, 2.24) is 9.97 Å². The summed E-state index contributed by atoms with van der Waals surface area (Å²) in [4.78, 5) is 21.8. The number of halogens is 3. The Hall–Kier alpha value is -1.33. The van der Waals surface area contributed by atoms with Crippen LogP contribution in [-0.2, 0) is 12.8 Å². The van der Waals surface area contributed by atoms with Gasteiger partial charge in [-0.25, -0.2) is 4.98 Å². The summed E-state index contributed by atoms with van der Waals surface area (Å²) in [6, 6.07) is 5.29. The summed E-state index contributed by atoms with van der Waals surface area (Å²) in [6.45, 7) is 0. The van der Waals surface area contributed by atoms with Gasteiger partial charge in [-0.15, -0.1) is 11.3 Å². The number of aryl methyl sites for hydroxylation is 2. The Morgan fingerprint density at radius 1 is 1.29 bits per heavy atom. The van der Waals surface area contributed by atoms with E-state index in [2.05, 4.69) is 9.97 Å². The second kappa shape index (κ2) is 6.19.